The van der Waals surface area contributed by atoms with Crippen LogP contribution in [0.1, 0.15) is 57.1 Å². The molecule has 2 atom stereocenters. The van der Waals surface area contributed by atoms with Gasteiger partial charge in [-0.25, -0.2) is 14.7 Å². The summed E-state index contributed by atoms with van der Waals surface area (Å²) >= 11 is 1.38. The molecular formula is C21H26N2O6S. The number of thiophene rings is 1. The minimum Gasteiger partial charge on any atom is -0.464 e. The fraction of sp³-hybridized carbons (Fsp3) is 0.476. The van der Waals surface area contributed by atoms with Crippen molar-refractivity contribution in [3.63, 3.8) is 0 Å². The van der Waals surface area contributed by atoms with E-state index < -0.39 is 35.7 Å². The minimum absolute atomic E-state index is 0.103. The van der Waals surface area contributed by atoms with Gasteiger partial charge in [0.25, 0.3) is 0 Å². The molecule has 1 N–H and O–H groups in total. The third-order valence-electron chi connectivity index (χ3n) is 4.68. The van der Waals surface area contributed by atoms with E-state index in [1.54, 1.807) is 27.7 Å². The molecule has 0 bridgehead atoms. The third-order valence-corrected chi connectivity index (χ3v) is 5.96. The number of hydrogen-bond acceptors (Lipinski definition) is 7. The number of fused-ring (bicyclic) bond motifs is 3. The average Bonchev–Trinajstić information content (AvgIpc) is 3.04. The van der Waals surface area contributed by atoms with Gasteiger partial charge in [0.15, 0.2) is 6.04 Å². The number of rotatable bonds is 3. The molecular weight excluding hydrogens is 408 g/mol. The molecule has 162 valence electrons. The molecule has 1 aliphatic rings. The SMILES string of the molecule is CCOC(=O)C1c2c(sc3ccccc23)C(N(O)C(C)=O)CN1C(=O)OC(C)(C)C. The van der Waals surface area contributed by atoms with Crippen molar-refractivity contribution in [3.8, 4) is 0 Å². The molecule has 8 nitrogen and oxygen atoms in total. The summed E-state index contributed by atoms with van der Waals surface area (Å²) in [4.78, 5) is 39.9. The van der Waals surface area contributed by atoms with Crippen molar-refractivity contribution in [1.82, 2.24) is 9.96 Å². The van der Waals surface area contributed by atoms with Gasteiger partial charge in [0.2, 0.25) is 5.91 Å². The van der Waals surface area contributed by atoms with E-state index in [1.807, 2.05) is 24.3 Å². The van der Waals surface area contributed by atoms with Gasteiger partial charge < -0.3 is 9.47 Å². The highest BCUT2D eigenvalue weighted by Crippen LogP contribution is 2.47. The second kappa shape index (κ2) is 8.23. The maximum Gasteiger partial charge on any atom is 0.411 e. The second-order valence-electron chi connectivity index (χ2n) is 8.04. The second-order valence-corrected chi connectivity index (χ2v) is 9.13. The maximum atomic E-state index is 13.1. The Bertz CT molecular complexity index is 980. The summed E-state index contributed by atoms with van der Waals surface area (Å²) < 4.78 is 11.7. The number of benzene rings is 1. The fourth-order valence-electron chi connectivity index (χ4n) is 3.52. The number of nitrogens with zero attached hydrogens (tertiary/aromatic N) is 2. The molecule has 3 rings (SSSR count). The van der Waals surface area contributed by atoms with E-state index in [2.05, 4.69) is 0 Å². The van der Waals surface area contributed by atoms with E-state index in [9.17, 15) is 19.6 Å². The Morgan fingerprint density at radius 1 is 1.27 bits per heavy atom. The summed E-state index contributed by atoms with van der Waals surface area (Å²) in [5.41, 5.74) is -0.237. The lowest BCUT2D eigenvalue weighted by Gasteiger charge is -2.40. The standard InChI is InChI=1S/C21H26N2O6S/c1-6-28-19(25)17-16-13-9-7-8-10-15(13)30-18(16)14(23(27)12(2)24)11-22(17)20(26)29-21(3,4)5/h7-10,14,17,27H,6,11H2,1-5H3. The zero-order valence-electron chi connectivity index (χ0n) is 17.7. The monoisotopic (exact) mass is 434 g/mol. The smallest absolute Gasteiger partial charge is 0.411 e. The van der Waals surface area contributed by atoms with Gasteiger partial charge in [-0.15, -0.1) is 11.3 Å². The molecule has 2 heterocycles. The number of carbonyl (C=O) groups is 3. The predicted octanol–water partition coefficient (Wildman–Crippen LogP) is 4.04. The Balaban J connectivity index is 2.21. The molecule has 1 aromatic carbocycles. The fourth-order valence-corrected chi connectivity index (χ4v) is 4.83. The van der Waals surface area contributed by atoms with Crippen molar-refractivity contribution in [2.75, 3.05) is 13.2 Å². The molecule has 0 radical (unpaired) electrons. The third kappa shape index (κ3) is 4.13. The van der Waals surface area contributed by atoms with Crippen LogP contribution in [0.25, 0.3) is 10.1 Å². The highest BCUT2D eigenvalue weighted by Gasteiger charge is 2.46. The van der Waals surface area contributed by atoms with Crippen LogP contribution in [0.4, 0.5) is 4.79 Å². The summed E-state index contributed by atoms with van der Waals surface area (Å²) in [5.74, 6) is -1.15. The van der Waals surface area contributed by atoms with Crippen molar-refractivity contribution < 1.29 is 29.1 Å². The molecule has 2 unspecified atom stereocenters. The zero-order valence-corrected chi connectivity index (χ0v) is 18.5. The lowest BCUT2D eigenvalue weighted by atomic mass is 9.93. The van der Waals surface area contributed by atoms with Crippen LogP contribution >= 0.6 is 11.3 Å². The molecule has 0 saturated carbocycles. The van der Waals surface area contributed by atoms with E-state index in [1.165, 1.54) is 23.2 Å². The summed E-state index contributed by atoms with van der Waals surface area (Å²) in [6.45, 7) is 8.16. The largest absolute Gasteiger partial charge is 0.464 e. The molecule has 0 fully saturated rings. The van der Waals surface area contributed by atoms with Crippen LogP contribution in [0, 0.1) is 0 Å². The summed E-state index contributed by atoms with van der Waals surface area (Å²) in [7, 11) is 0. The Kier molecular flexibility index (Phi) is 6.05. The lowest BCUT2D eigenvalue weighted by Crippen LogP contribution is -2.50. The van der Waals surface area contributed by atoms with E-state index >= 15 is 0 Å². The van der Waals surface area contributed by atoms with Crippen LogP contribution in [0.5, 0.6) is 0 Å². The van der Waals surface area contributed by atoms with Crippen LogP contribution in [-0.2, 0) is 19.1 Å². The number of amides is 2. The van der Waals surface area contributed by atoms with Gasteiger partial charge in [0.05, 0.1) is 13.2 Å². The molecule has 9 heteroatoms. The van der Waals surface area contributed by atoms with Gasteiger partial charge in [0, 0.05) is 22.1 Å². The first kappa shape index (κ1) is 22.0. The van der Waals surface area contributed by atoms with Crippen molar-refractivity contribution in [2.24, 2.45) is 0 Å². The number of esters is 1. The summed E-state index contributed by atoms with van der Waals surface area (Å²) in [6, 6.07) is 5.58. The van der Waals surface area contributed by atoms with Gasteiger partial charge in [-0.3, -0.25) is 14.9 Å². The average molecular weight is 435 g/mol. The van der Waals surface area contributed by atoms with Crippen LogP contribution < -0.4 is 0 Å². The lowest BCUT2D eigenvalue weighted by molar-refractivity contribution is -0.178. The van der Waals surface area contributed by atoms with Crippen LogP contribution in [0.2, 0.25) is 0 Å². The first-order chi connectivity index (χ1) is 14.0. The maximum absolute atomic E-state index is 13.1. The first-order valence-corrected chi connectivity index (χ1v) is 10.5. The molecule has 2 aromatic rings. The van der Waals surface area contributed by atoms with Crippen LogP contribution in [0.3, 0.4) is 0 Å². The summed E-state index contributed by atoms with van der Waals surface area (Å²) in [5, 5.41) is 11.9. The number of hydroxylamine groups is 2. The van der Waals surface area contributed by atoms with E-state index in [4.69, 9.17) is 9.47 Å². The summed E-state index contributed by atoms with van der Waals surface area (Å²) in [6.07, 6.45) is -0.719. The predicted molar refractivity (Wildman–Crippen MR) is 111 cm³/mol. The zero-order chi connectivity index (χ0) is 22.2. The highest BCUT2D eigenvalue weighted by atomic mass is 32.1. The van der Waals surface area contributed by atoms with Crippen molar-refractivity contribution >= 4 is 39.4 Å². The van der Waals surface area contributed by atoms with Crippen LogP contribution in [0.15, 0.2) is 24.3 Å². The first-order valence-electron chi connectivity index (χ1n) is 9.71. The van der Waals surface area contributed by atoms with Crippen molar-refractivity contribution in [1.29, 1.82) is 0 Å². The normalized spacial score (nSPS) is 18.7. The molecule has 0 spiro atoms. The number of hydrogen-bond donors (Lipinski definition) is 1. The Morgan fingerprint density at radius 2 is 1.93 bits per heavy atom. The molecule has 0 aliphatic carbocycles. The molecule has 1 aliphatic heterocycles. The van der Waals surface area contributed by atoms with Gasteiger partial charge in [-0.1, -0.05) is 18.2 Å². The van der Waals surface area contributed by atoms with Gasteiger partial charge in [-0.05, 0) is 39.1 Å². The minimum atomic E-state index is -1.04. The van der Waals surface area contributed by atoms with E-state index in [0.717, 1.165) is 10.1 Å². The Labute approximate surface area is 178 Å². The van der Waals surface area contributed by atoms with Gasteiger partial charge in [-0.2, -0.15) is 0 Å². The topological polar surface area (TPSA) is 96.4 Å². The molecule has 1 aromatic heterocycles. The van der Waals surface area contributed by atoms with Crippen LogP contribution in [-0.4, -0.2) is 51.9 Å². The van der Waals surface area contributed by atoms with E-state index in [0.29, 0.717) is 15.5 Å². The molecule has 30 heavy (non-hydrogen) atoms. The molecule has 2 amide bonds. The van der Waals surface area contributed by atoms with Gasteiger partial charge in [0.1, 0.15) is 11.6 Å². The van der Waals surface area contributed by atoms with Gasteiger partial charge >= 0.3 is 12.1 Å². The Hall–Kier alpha value is -2.65. The molecule has 0 saturated heterocycles. The van der Waals surface area contributed by atoms with E-state index in [-0.39, 0.29) is 13.2 Å². The Morgan fingerprint density at radius 3 is 2.53 bits per heavy atom. The number of ether oxygens (including phenoxy) is 2. The van der Waals surface area contributed by atoms with Crippen molar-refractivity contribution in [3.05, 3.63) is 34.7 Å². The van der Waals surface area contributed by atoms with Crippen molar-refractivity contribution in [2.45, 2.75) is 52.3 Å². The highest BCUT2D eigenvalue weighted by molar-refractivity contribution is 7.19. The quantitative estimate of drug-likeness (QED) is 0.445. The number of carbonyl (C=O) groups excluding carboxylic acids is 3.